The second kappa shape index (κ2) is 9.25. The maximum Gasteiger partial charge on any atom is 0.184 e. The SMILES string of the molecule is CN(C)CC1=C/CCCCC(=O)/C(C(=O)[C@@H]2NC2CCc2ccccc2)=C\1. The lowest BCUT2D eigenvalue weighted by Gasteiger charge is -2.12. The normalized spacial score (nSPS) is 27.0. The van der Waals surface area contributed by atoms with Gasteiger partial charge in [-0.25, -0.2) is 0 Å². The fourth-order valence-electron chi connectivity index (χ4n) is 3.68. The molecule has 4 nitrogen and oxygen atoms in total. The summed E-state index contributed by atoms with van der Waals surface area (Å²) in [6.07, 6.45) is 9.19. The lowest BCUT2D eigenvalue weighted by molar-refractivity contribution is -0.121. The van der Waals surface area contributed by atoms with E-state index in [0.29, 0.717) is 12.0 Å². The first-order valence-electron chi connectivity index (χ1n) is 9.97. The molecule has 0 aromatic heterocycles. The molecule has 0 saturated carbocycles. The smallest absolute Gasteiger partial charge is 0.184 e. The number of benzene rings is 1. The summed E-state index contributed by atoms with van der Waals surface area (Å²) in [4.78, 5) is 27.7. The van der Waals surface area contributed by atoms with Crippen LogP contribution in [0.1, 0.15) is 37.7 Å². The fraction of sp³-hybridized carbons (Fsp3) is 0.478. The van der Waals surface area contributed by atoms with E-state index in [1.807, 2.05) is 38.4 Å². The van der Waals surface area contributed by atoms with E-state index in [2.05, 4.69) is 28.4 Å². The Hall–Kier alpha value is -2.04. The van der Waals surface area contributed by atoms with Gasteiger partial charge < -0.3 is 10.2 Å². The van der Waals surface area contributed by atoms with Gasteiger partial charge in [-0.15, -0.1) is 0 Å². The molecular weight excluding hydrogens is 336 g/mol. The van der Waals surface area contributed by atoms with E-state index in [0.717, 1.165) is 44.2 Å². The van der Waals surface area contributed by atoms with Crippen LogP contribution in [0, 0.1) is 0 Å². The number of allylic oxidation sites excluding steroid dienone is 1. The van der Waals surface area contributed by atoms with Gasteiger partial charge in [-0.2, -0.15) is 0 Å². The number of carbonyl (C=O) groups excluding carboxylic acids is 2. The van der Waals surface area contributed by atoms with Crippen molar-refractivity contribution in [2.75, 3.05) is 20.6 Å². The summed E-state index contributed by atoms with van der Waals surface area (Å²) in [7, 11) is 4.01. The van der Waals surface area contributed by atoms with Crippen LogP contribution in [0.15, 0.2) is 53.6 Å². The number of carbonyl (C=O) groups is 2. The van der Waals surface area contributed by atoms with Crippen LogP contribution >= 0.6 is 0 Å². The predicted octanol–water partition coefficient (Wildman–Crippen LogP) is 3.09. The standard InChI is InChI=1S/C23H30N2O2/c1-25(2)16-18-11-7-4-8-12-21(26)19(15-18)23(27)22-20(24-22)14-13-17-9-5-3-6-10-17/h3,5-6,9-11,15,20,22,24H,4,7-8,12-14,16H2,1-2H3/b18-11+,19-15+/t20?,22-/m1/s1. The van der Waals surface area contributed by atoms with Crippen molar-refractivity contribution < 1.29 is 9.59 Å². The number of Topliss-reactive ketones (excluding diaryl/α,β-unsaturated/α-hetero) is 2. The van der Waals surface area contributed by atoms with E-state index in [-0.39, 0.29) is 23.7 Å². The monoisotopic (exact) mass is 366 g/mol. The molecule has 144 valence electrons. The number of ketones is 2. The van der Waals surface area contributed by atoms with Crippen LogP contribution in [0.4, 0.5) is 0 Å². The molecule has 1 unspecified atom stereocenters. The summed E-state index contributed by atoms with van der Waals surface area (Å²) in [5.41, 5.74) is 2.75. The van der Waals surface area contributed by atoms with Crippen LogP contribution in [0.25, 0.3) is 0 Å². The van der Waals surface area contributed by atoms with Gasteiger partial charge in [-0.1, -0.05) is 36.4 Å². The molecule has 1 heterocycles. The van der Waals surface area contributed by atoms with Gasteiger partial charge in [-0.3, -0.25) is 9.59 Å². The highest BCUT2D eigenvalue weighted by Crippen LogP contribution is 2.24. The molecule has 2 atom stereocenters. The van der Waals surface area contributed by atoms with Crippen molar-refractivity contribution in [2.24, 2.45) is 0 Å². The van der Waals surface area contributed by atoms with Gasteiger partial charge in [0.05, 0.1) is 11.6 Å². The number of hydrogen-bond acceptors (Lipinski definition) is 4. The molecule has 1 aliphatic heterocycles. The Morgan fingerprint density at radius 3 is 2.70 bits per heavy atom. The van der Waals surface area contributed by atoms with Gasteiger partial charge in [0, 0.05) is 19.0 Å². The fourth-order valence-corrected chi connectivity index (χ4v) is 3.68. The van der Waals surface area contributed by atoms with Crippen molar-refractivity contribution in [2.45, 2.75) is 50.6 Å². The molecule has 0 bridgehead atoms. The second-order valence-electron chi connectivity index (χ2n) is 7.88. The molecule has 0 amide bonds. The quantitative estimate of drug-likeness (QED) is 0.595. The molecule has 4 heteroatoms. The largest absolute Gasteiger partial charge is 0.305 e. The summed E-state index contributed by atoms with van der Waals surface area (Å²) in [6, 6.07) is 10.3. The van der Waals surface area contributed by atoms with Crippen LogP contribution < -0.4 is 5.32 Å². The molecule has 1 aliphatic carbocycles. The van der Waals surface area contributed by atoms with Crippen LogP contribution in [0.3, 0.4) is 0 Å². The van der Waals surface area contributed by atoms with Crippen molar-refractivity contribution in [3.63, 3.8) is 0 Å². The molecule has 1 fully saturated rings. The number of aryl methyl sites for hydroxylation is 1. The zero-order chi connectivity index (χ0) is 19.2. The number of rotatable bonds is 7. The lowest BCUT2D eigenvalue weighted by Crippen LogP contribution is -2.22. The number of nitrogens with zero attached hydrogens (tertiary/aromatic N) is 1. The first-order valence-corrected chi connectivity index (χ1v) is 9.97. The minimum Gasteiger partial charge on any atom is -0.305 e. The molecule has 1 saturated heterocycles. The third kappa shape index (κ3) is 5.72. The number of hydrogen-bond donors (Lipinski definition) is 1. The van der Waals surface area contributed by atoms with Gasteiger partial charge in [0.1, 0.15) is 0 Å². The van der Waals surface area contributed by atoms with Crippen LogP contribution in [0.2, 0.25) is 0 Å². The first-order chi connectivity index (χ1) is 13.0. The van der Waals surface area contributed by atoms with E-state index in [9.17, 15) is 9.59 Å². The van der Waals surface area contributed by atoms with E-state index >= 15 is 0 Å². The topological polar surface area (TPSA) is 59.3 Å². The Morgan fingerprint density at radius 1 is 1.19 bits per heavy atom. The summed E-state index contributed by atoms with van der Waals surface area (Å²) in [5.74, 6) is -0.0216. The Morgan fingerprint density at radius 2 is 1.96 bits per heavy atom. The van der Waals surface area contributed by atoms with E-state index in [4.69, 9.17) is 0 Å². The lowest BCUT2D eigenvalue weighted by atomic mass is 9.96. The molecule has 0 radical (unpaired) electrons. The maximum absolute atomic E-state index is 13.0. The highest BCUT2D eigenvalue weighted by Gasteiger charge is 2.43. The van der Waals surface area contributed by atoms with Crippen molar-refractivity contribution >= 4 is 11.6 Å². The highest BCUT2D eigenvalue weighted by molar-refractivity contribution is 6.23. The Balaban J connectivity index is 1.66. The Labute approximate surface area is 162 Å². The van der Waals surface area contributed by atoms with Gasteiger partial charge in [0.25, 0.3) is 0 Å². The van der Waals surface area contributed by atoms with Gasteiger partial charge in [0.2, 0.25) is 0 Å². The van der Waals surface area contributed by atoms with Crippen LogP contribution in [0.5, 0.6) is 0 Å². The molecule has 0 spiro atoms. The van der Waals surface area contributed by atoms with Crippen molar-refractivity contribution in [3.05, 3.63) is 59.2 Å². The molecule has 27 heavy (non-hydrogen) atoms. The van der Waals surface area contributed by atoms with Gasteiger partial charge >= 0.3 is 0 Å². The van der Waals surface area contributed by atoms with Crippen molar-refractivity contribution in [3.8, 4) is 0 Å². The molecule has 1 aromatic carbocycles. The molecular formula is C23H30N2O2. The van der Waals surface area contributed by atoms with Crippen molar-refractivity contribution in [1.29, 1.82) is 0 Å². The number of nitrogens with one attached hydrogen (secondary N) is 1. The third-order valence-electron chi connectivity index (χ3n) is 5.22. The first kappa shape index (κ1) is 19.7. The summed E-state index contributed by atoms with van der Waals surface area (Å²) >= 11 is 0. The zero-order valence-corrected chi connectivity index (χ0v) is 16.4. The zero-order valence-electron chi connectivity index (χ0n) is 16.4. The molecule has 1 N–H and O–H groups in total. The second-order valence-corrected chi connectivity index (χ2v) is 7.88. The summed E-state index contributed by atoms with van der Waals surface area (Å²) in [6.45, 7) is 0.750. The predicted molar refractivity (Wildman–Crippen MR) is 109 cm³/mol. The minimum atomic E-state index is -0.203. The van der Waals surface area contributed by atoms with E-state index in [1.54, 1.807) is 0 Å². The van der Waals surface area contributed by atoms with E-state index in [1.165, 1.54) is 5.56 Å². The maximum atomic E-state index is 13.0. The number of likely N-dealkylation sites (N-methyl/N-ethyl adjacent to an activating group) is 1. The Kier molecular flexibility index (Phi) is 6.75. The average molecular weight is 367 g/mol. The summed E-state index contributed by atoms with van der Waals surface area (Å²) < 4.78 is 0. The van der Waals surface area contributed by atoms with Crippen molar-refractivity contribution in [1.82, 2.24) is 10.2 Å². The van der Waals surface area contributed by atoms with E-state index < -0.39 is 0 Å². The van der Waals surface area contributed by atoms with Crippen LogP contribution in [-0.2, 0) is 16.0 Å². The molecule has 1 aromatic rings. The molecule has 2 aliphatic rings. The minimum absolute atomic E-state index is 0.00191. The van der Waals surface area contributed by atoms with Gasteiger partial charge in [-0.05, 0) is 63.4 Å². The highest BCUT2D eigenvalue weighted by atomic mass is 16.2. The molecule has 3 rings (SSSR count). The van der Waals surface area contributed by atoms with Crippen LogP contribution in [-0.4, -0.2) is 49.2 Å². The average Bonchev–Trinajstić information content (AvgIpc) is 3.41. The Bertz CT molecular complexity index is 734. The third-order valence-corrected chi connectivity index (χ3v) is 5.22. The van der Waals surface area contributed by atoms with Gasteiger partial charge in [0.15, 0.2) is 11.6 Å². The summed E-state index contributed by atoms with van der Waals surface area (Å²) in [5, 5.41) is 3.29.